The van der Waals surface area contributed by atoms with Gasteiger partial charge in [-0.3, -0.25) is 9.69 Å². The van der Waals surface area contributed by atoms with Crippen LogP contribution in [0.1, 0.15) is 30.9 Å². The average molecular weight is 277 g/mol. The zero-order valence-electron chi connectivity index (χ0n) is 12.2. The minimum absolute atomic E-state index is 0.155. The van der Waals surface area contributed by atoms with Gasteiger partial charge in [0.15, 0.2) is 0 Å². The van der Waals surface area contributed by atoms with Gasteiger partial charge in [0, 0.05) is 25.6 Å². The minimum Gasteiger partial charge on any atom is -0.464 e. The van der Waals surface area contributed by atoms with Crippen molar-refractivity contribution in [3.05, 3.63) is 35.4 Å². The molecule has 4 nitrogen and oxygen atoms in total. The van der Waals surface area contributed by atoms with E-state index in [9.17, 15) is 9.90 Å². The molecule has 0 amide bonds. The van der Waals surface area contributed by atoms with Crippen LogP contribution in [0.5, 0.6) is 0 Å². The third kappa shape index (κ3) is 3.58. The third-order valence-corrected chi connectivity index (χ3v) is 4.08. The SMILES string of the molecule is CC(=O)OCC1CCC(CO)N1Cc1ccccc1C. The van der Waals surface area contributed by atoms with Crippen molar-refractivity contribution in [2.24, 2.45) is 0 Å². The molecule has 2 rings (SSSR count). The molecule has 2 unspecified atom stereocenters. The first-order valence-corrected chi connectivity index (χ1v) is 7.16. The summed E-state index contributed by atoms with van der Waals surface area (Å²) in [5.74, 6) is -0.242. The third-order valence-electron chi connectivity index (χ3n) is 4.08. The van der Waals surface area contributed by atoms with Crippen LogP contribution in [0, 0.1) is 6.92 Å². The van der Waals surface area contributed by atoms with Gasteiger partial charge in [0.1, 0.15) is 6.61 Å². The lowest BCUT2D eigenvalue weighted by Crippen LogP contribution is -2.40. The number of esters is 1. The summed E-state index contributed by atoms with van der Waals surface area (Å²) in [5.41, 5.74) is 2.52. The molecule has 1 aliphatic heterocycles. The molecule has 0 saturated carbocycles. The maximum absolute atomic E-state index is 11.0. The highest BCUT2D eigenvalue weighted by Gasteiger charge is 2.33. The van der Waals surface area contributed by atoms with Crippen molar-refractivity contribution in [1.82, 2.24) is 4.90 Å². The molecular weight excluding hydrogens is 254 g/mol. The summed E-state index contributed by atoms with van der Waals surface area (Å²) in [6.45, 7) is 4.90. The number of carbonyl (C=O) groups excluding carboxylic acids is 1. The van der Waals surface area contributed by atoms with E-state index in [0.717, 1.165) is 19.4 Å². The van der Waals surface area contributed by atoms with Crippen molar-refractivity contribution in [3.63, 3.8) is 0 Å². The normalized spacial score (nSPS) is 22.9. The summed E-state index contributed by atoms with van der Waals surface area (Å²) in [7, 11) is 0. The molecule has 0 spiro atoms. The van der Waals surface area contributed by atoms with Crippen LogP contribution in [0.4, 0.5) is 0 Å². The number of aliphatic hydroxyl groups excluding tert-OH is 1. The van der Waals surface area contributed by atoms with Crippen LogP contribution in [0.2, 0.25) is 0 Å². The predicted molar refractivity (Wildman–Crippen MR) is 77.3 cm³/mol. The van der Waals surface area contributed by atoms with E-state index in [4.69, 9.17) is 4.74 Å². The Morgan fingerprint density at radius 1 is 1.35 bits per heavy atom. The zero-order valence-corrected chi connectivity index (χ0v) is 12.2. The van der Waals surface area contributed by atoms with Crippen molar-refractivity contribution >= 4 is 5.97 Å². The number of aryl methyl sites for hydroxylation is 1. The van der Waals surface area contributed by atoms with E-state index in [1.807, 2.05) is 12.1 Å². The van der Waals surface area contributed by atoms with E-state index in [2.05, 4.69) is 24.0 Å². The van der Waals surface area contributed by atoms with Crippen LogP contribution in [-0.4, -0.2) is 41.3 Å². The second kappa shape index (κ2) is 6.86. The second-order valence-electron chi connectivity index (χ2n) is 5.47. The van der Waals surface area contributed by atoms with Gasteiger partial charge in [-0.25, -0.2) is 0 Å². The zero-order chi connectivity index (χ0) is 14.5. The standard InChI is InChI=1S/C16H23NO3/c1-12-5-3-4-6-14(12)9-17-15(10-18)7-8-16(17)11-20-13(2)19/h3-6,15-16,18H,7-11H2,1-2H3. The quantitative estimate of drug-likeness (QED) is 0.835. The molecule has 0 aliphatic carbocycles. The second-order valence-corrected chi connectivity index (χ2v) is 5.47. The molecule has 2 atom stereocenters. The molecule has 1 aliphatic rings. The van der Waals surface area contributed by atoms with E-state index < -0.39 is 0 Å². The molecule has 1 aromatic carbocycles. The highest BCUT2D eigenvalue weighted by Crippen LogP contribution is 2.27. The van der Waals surface area contributed by atoms with Gasteiger partial charge in [-0.15, -0.1) is 0 Å². The molecule has 0 bridgehead atoms. The molecule has 4 heteroatoms. The van der Waals surface area contributed by atoms with Crippen LogP contribution in [0.3, 0.4) is 0 Å². The molecule has 1 heterocycles. The number of aliphatic hydroxyl groups is 1. The van der Waals surface area contributed by atoms with Crippen LogP contribution in [-0.2, 0) is 16.1 Å². The van der Waals surface area contributed by atoms with E-state index in [1.165, 1.54) is 18.1 Å². The topological polar surface area (TPSA) is 49.8 Å². The Hall–Kier alpha value is -1.39. The van der Waals surface area contributed by atoms with E-state index in [-0.39, 0.29) is 24.7 Å². The van der Waals surface area contributed by atoms with Gasteiger partial charge < -0.3 is 9.84 Å². The molecule has 110 valence electrons. The Labute approximate surface area is 120 Å². The lowest BCUT2D eigenvalue weighted by molar-refractivity contribution is -0.142. The highest BCUT2D eigenvalue weighted by molar-refractivity contribution is 5.65. The van der Waals surface area contributed by atoms with Crippen molar-refractivity contribution < 1.29 is 14.6 Å². The molecular formula is C16H23NO3. The maximum atomic E-state index is 11.0. The molecule has 0 radical (unpaired) electrons. The van der Waals surface area contributed by atoms with E-state index in [1.54, 1.807) is 0 Å². The summed E-state index contributed by atoms with van der Waals surface area (Å²) >= 11 is 0. The number of ether oxygens (including phenoxy) is 1. The van der Waals surface area contributed by atoms with E-state index >= 15 is 0 Å². The van der Waals surface area contributed by atoms with Crippen molar-refractivity contribution in [2.45, 2.75) is 45.3 Å². The number of carbonyl (C=O) groups is 1. The van der Waals surface area contributed by atoms with Gasteiger partial charge in [0.25, 0.3) is 0 Å². The summed E-state index contributed by atoms with van der Waals surface area (Å²) in [5, 5.41) is 9.53. The minimum atomic E-state index is -0.242. The lowest BCUT2D eigenvalue weighted by Gasteiger charge is -2.29. The Kier molecular flexibility index (Phi) is 5.15. The van der Waals surface area contributed by atoms with Gasteiger partial charge in [-0.05, 0) is 30.9 Å². The summed E-state index contributed by atoms with van der Waals surface area (Å²) < 4.78 is 5.15. The summed E-state index contributed by atoms with van der Waals surface area (Å²) in [6, 6.07) is 8.65. The Morgan fingerprint density at radius 2 is 2.05 bits per heavy atom. The van der Waals surface area contributed by atoms with Gasteiger partial charge in [-0.1, -0.05) is 24.3 Å². The lowest BCUT2D eigenvalue weighted by atomic mass is 10.1. The molecule has 1 saturated heterocycles. The van der Waals surface area contributed by atoms with Crippen LogP contribution < -0.4 is 0 Å². The number of likely N-dealkylation sites (tertiary alicyclic amines) is 1. The highest BCUT2D eigenvalue weighted by atomic mass is 16.5. The van der Waals surface area contributed by atoms with Crippen molar-refractivity contribution in [3.8, 4) is 0 Å². The number of rotatable bonds is 5. The molecule has 20 heavy (non-hydrogen) atoms. The van der Waals surface area contributed by atoms with Crippen LogP contribution in [0.25, 0.3) is 0 Å². The summed E-state index contributed by atoms with van der Waals surface area (Å²) in [6.07, 6.45) is 1.92. The maximum Gasteiger partial charge on any atom is 0.302 e. The first-order valence-electron chi connectivity index (χ1n) is 7.16. The van der Waals surface area contributed by atoms with Gasteiger partial charge in [0.2, 0.25) is 0 Å². The number of hydrogen-bond donors (Lipinski definition) is 1. The van der Waals surface area contributed by atoms with Gasteiger partial charge in [-0.2, -0.15) is 0 Å². The van der Waals surface area contributed by atoms with Crippen LogP contribution in [0.15, 0.2) is 24.3 Å². The molecule has 1 fully saturated rings. The number of benzene rings is 1. The smallest absolute Gasteiger partial charge is 0.302 e. The van der Waals surface area contributed by atoms with Gasteiger partial charge in [0.05, 0.1) is 6.61 Å². The van der Waals surface area contributed by atoms with Crippen molar-refractivity contribution in [2.75, 3.05) is 13.2 Å². The number of hydrogen-bond acceptors (Lipinski definition) is 4. The first kappa shape index (κ1) is 15.0. The molecule has 0 aromatic heterocycles. The Balaban J connectivity index is 2.07. The van der Waals surface area contributed by atoms with Gasteiger partial charge >= 0.3 is 5.97 Å². The molecule has 1 aromatic rings. The fourth-order valence-electron chi connectivity index (χ4n) is 2.85. The average Bonchev–Trinajstić information content (AvgIpc) is 2.81. The fraction of sp³-hybridized carbons (Fsp3) is 0.562. The van der Waals surface area contributed by atoms with E-state index in [0.29, 0.717) is 6.61 Å². The Morgan fingerprint density at radius 3 is 2.70 bits per heavy atom. The fourth-order valence-corrected chi connectivity index (χ4v) is 2.85. The first-order chi connectivity index (χ1) is 9.61. The van der Waals surface area contributed by atoms with Crippen molar-refractivity contribution in [1.29, 1.82) is 0 Å². The van der Waals surface area contributed by atoms with Crippen LogP contribution >= 0.6 is 0 Å². The monoisotopic (exact) mass is 277 g/mol. The molecule has 1 N–H and O–H groups in total. The number of nitrogens with zero attached hydrogens (tertiary/aromatic N) is 1. The predicted octanol–water partition coefficient (Wildman–Crippen LogP) is 1.88. The largest absolute Gasteiger partial charge is 0.464 e. The summed E-state index contributed by atoms with van der Waals surface area (Å²) in [4.78, 5) is 13.2. The Bertz CT molecular complexity index is 461.